The van der Waals surface area contributed by atoms with Gasteiger partial charge in [0.2, 0.25) is 0 Å². The second-order valence-electron chi connectivity index (χ2n) is 3.84. The minimum Gasteiger partial charge on any atom is -0.399 e. The van der Waals surface area contributed by atoms with Crippen LogP contribution < -0.4 is 10.5 Å². The minimum atomic E-state index is -3.40. The number of nitrogen functional groups attached to an aromatic ring is 1. The van der Waals surface area contributed by atoms with Gasteiger partial charge in [-0.05, 0) is 31.0 Å². The zero-order valence-corrected chi connectivity index (χ0v) is 9.70. The molecule has 0 unspecified atom stereocenters. The Balaban J connectivity index is 2.14. The van der Waals surface area contributed by atoms with Crippen molar-refractivity contribution in [3.05, 3.63) is 24.3 Å². The molecule has 1 aromatic carbocycles. The molecule has 3 N–H and O–H groups in total. The van der Waals surface area contributed by atoms with E-state index in [-0.39, 0.29) is 0 Å². The number of nitrogens with one attached hydrogen (secondary N) is 1. The number of rotatable bonds is 3. The molecule has 1 fully saturated rings. The molecule has 6 heteroatoms. The summed E-state index contributed by atoms with van der Waals surface area (Å²) >= 11 is 0. The van der Waals surface area contributed by atoms with E-state index in [0.29, 0.717) is 24.5 Å². The van der Waals surface area contributed by atoms with Gasteiger partial charge in [-0.3, -0.25) is 4.72 Å². The molecule has 0 aliphatic carbocycles. The molecule has 88 valence electrons. The lowest BCUT2D eigenvalue weighted by atomic mass is 10.3. The summed E-state index contributed by atoms with van der Waals surface area (Å²) in [5.41, 5.74) is 6.63. The van der Waals surface area contributed by atoms with Gasteiger partial charge >= 0.3 is 10.2 Å². The number of nitrogens with zero attached hydrogens (tertiary/aromatic N) is 1. The maximum atomic E-state index is 11.9. The van der Waals surface area contributed by atoms with Crippen molar-refractivity contribution in [2.24, 2.45) is 0 Å². The van der Waals surface area contributed by atoms with Crippen LogP contribution in [0.1, 0.15) is 12.8 Å². The highest BCUT2D eigenvalue weighted by Crippen LogP contribution is 2.18. The van der Waals surface area contributed by atoms with Crippen molar-refractivity contribution >= 4 is 21.6 Å². The van der Waals surface area contributed by atoms with Crippen LogP contribution in [0, 0.1) is 0 Å². The molecule has 2 rings (SSSR count). The monoisotopic (exact) mass is 241 g/mol. The number of nitrogens with two attached hydrogens (primary N) is 1. The first-order valence-corrected chi connectivity index (χ1v) is 6.65. The molecule has 1 saturated heterocycles. The zero-order chi connectivity index (χ0) is 11.6. The van der Waals surface area contributed by atoms with Crippen LogP contribution in [0.5, 0.6) is 0 Å². The molecule has 0 amide bonds. The van der Waals surface area contributed by atoms with Gasteiger partial charge in [0.1, 0.15) is 0 Å². The molecule has 16 heavy (non-hydrogen) atoms. The molecule has 0 spiro atoms. The van der Waals surface area contributed by atoms with Gasteiger partial charge in [0.15, 0.2) is 0 Å². The molecule has 1 aromatic rings. The highest BCUT2D eigenvalue weighted by Gasteiger charge is 2.24. The van der Waals surface area contributed by atoms with Crippen molar-refractivity contribution < 1.29 is 8.42 Å². The second kappa shape index (κ2) is 4.31. The summed E-state index contributed by atoms with van der Waals surface area (Å²) in [6.45, 7) is 1.19. The van der Waals surface area contributed by atoms with Gasteiger partial charge in [0.25, 0.3) is 0 Å². The van der Waals surface area contributed by atoms with Crippen molar-refractivity contribution in [2.45, 2.75) is 12.8 Å². The summed E-state index contributed by atoms with van der Waals surface area (Å²) in [4.78, 5) is 0. The van der Waals surface area contributed by atoms with Gasteiger partial charge in [-0.15, -0.1) is 0 Å². The van der Waals surface area contributed by atoms with Crippen LogP contribution in [0.15, 0.2) is 24.3 Å². The molecular formula is C10H15N3O2S. The Bertz CT molecular complexity index is 467. The Morgan fingerprint density at radius 3 is 2.56 bits per heavy atom. The Morgan fingerprint density at radius 2 is 1.94 bits per heavy atom. The van der Waals surface area contributed by atoms with Crippen molar-refractivity contribution in [3.8, 4) is 0 Å². The largest absolute Gasteiger partial charge is 0.399 e. The Hall–Kier alpha value is -1.27. The molecule has 5 nitrogen and oxygen atoms in total. The fraction of sp³-hybridized carbons (Fsp3) is 0.400. The lowest BCUT2D eigenvalue weighted by Crippen LogP contribution is -2.33. The molecule has 0 bridgehead atoms. The Morgan fingerprint density at radius 1 is 1.25 bits per heavy atom. The van der Waals surface area contributed by atoms with Crippen molar-refractivity contribution in [1.29, 1.82) is 0 Å². The van der Waals surface area contributed by atoms with Crippen LogP contribution in [-0.4, -0.2) is 25.8 Å². The fourth-order valence-electron chi connectivity index (χ4n) is 1.74. The van der Waals surface area contributed by atoms with Crippen LogP contribution in [0.2, 0.25) is 0 Å². The van der Waals surface area contributed by atoms with E-state index in [0.717, 1.165) is 12.8 Å². The lowest BCUT2D eigenvalue weighted by Gasteiger charge is -2.16. The molecule has 1 aliphatic rings. The summed E-state index contributed by atoms with van der Waals surface area (Å²) in [6, 6.07) is 6.72. The summed E-state index contributed by atoms with van der Waals surface area (Å²) in [5, 5.41) is 0. The minimum absolute atomic E-state index is 0.506. The van der Waals surface area contributed by atoms with Gasteiger partial charge < -0.3 is 5.73 Å². The topological polar surface area (TPSA) is 75.4 Å². The van der Waals surface area contributed by atoms with E-state index in [1.54, 1.807) is 24.3 Å². The van der Waals surface area contributed by atoms with Gasteiger partial charge in [-0.1, -0.05) is 6.07 Å². The standard InChI is InChI=1S/C10H15N3O2S/c11-9-4-3-5-10(8-9)12-16(14,15)13-6-1-2-7-13/h3-5,8,12H,1-2,6-7,11H2. The van der Waals surface area contributed by atoms with Crippen LogP contribution >= 0.6 is 0 Å². The van der Waals surface area contributed by atoms with Crippen LogP contribution in [0.3, 0.4) is 0 Å². The van der Waals surface area contributed by atoms with E-state index in [4.69, 9.17) is 5.73 Å². The molecule has 1 aliphatic heterocycles. The summed E-state index contributed by atoms with van der Waals surface area (Å²) < 4.78 is 27.7. The molecule has 1 heterocycles. The van der Waals surface area contributed by atoms with Gasteiger partial charge in [-0.2, -0.15) is 12.7 Å². The third kappa shape index (κ3) is 2.45. The fourth-order valence-corrected chi connectivity index (χ4v) is 3.04. The average molecular weight is 241 g/mol. The van der Waals surface area contributed by atoms with Crippen LogP contribution in [0.25, 0.3) is 0 Å². The molecule has 0 atom stereocenters. The van der Waals surface area contributed by atoms with E-state index in [9.17, 15) is 8.42 Å². The van der Waals surface area contributed by atoms with E-state index < -0.39 is 10.2 Å². The average Bonchev–Trinajstić information content (AvgIpc) is 2.69. The van der Waals surface area contributed by atoms with Gasteiger partial charge in [-0.25, -0.2) is 0 Å². The van der Waals surface area contributed by atoms with Crippen molar-refractivity contribution in [1.82, 2.24) is 4.31 Å². The Kier molecular flexibility index (Phi) is 3.02. The molecule has 0 aromatic heterocycles. The molecule has 0 saturated carbocycles. The first kappa shape index (κ1) is 11.2. The maximum absolute atomic E-state index is 11.9. The summed E-state index contributed by atoms with van der Waals surface area (Å²) in [5.74, 6) is 0. The third-order valence-corrected chi connectivity index (χ3v) is 4.08. The smallest absolute Gasteiger partial charge is 0.301 e. The normalized spacial score (nSPS) is 17.5. The Labute approximate surface area is 95.4 Å². The first-order valence-electron chi connectivity index (χ1n) is 5.21. The summed E-state index contributed by atoms with van der Waals surface area (Å²) in [7, 11) is -3.40. The third-order valence-electron chi connectivity index (χ3n) is 2.54. The predicted molar refractivity (Wildman–Crippen MR) is 64.2 cm³/mol. The van der Waals surface area contributed by atoms with Gasteiger partial charge in [0.05, 0.1) is 5.69 Å². The van der Waals surface area contributed by atoms with Crippen LogP contribution in [-0.2, 0) is 10.2 Å². The van der Waals surface area contributed by atoms with E-state index in [1.807, 2.05) is 0 Å². The van der Waals surface area contributed by atoms with Gasteiger partial charge in [0, 0.05) is 18.8 Å². The number of benzene rings is 1. The number of hydrogen-bond donors (Lipinski definition) is 2. The molecule has 0 radical (unpaired) electrons. The number of hydrogen-bond acceptors (Lipinski definition) is 3. The maximum Gasteiger partial charge on any atom is 0.301 e. The number of anilines is 2. The lowest BCUT2D eigenvalue weighted by molar-refractivity contribution is 0.482. The quantitative estimate of drug-likeness (QED) is 0.776. The highest BCUT2D eigenvalue weighted by molar-refractivity contribution is 7.90. The highest BCUT2D eigenvalue weighted by atomic mass is 32.2. The van der Waals surface area contributed by atoms with Crippen molar-refractivity contribution in [2.75, 3.05) is 23.5 Å². The van der Waals surface area contributed by atoms with E-state index >= 15 is 0 Å². The molecular weight excluding hydrogens is 226 g/mol. The van der Waals surface area contributed by atoms with Crippen molar-refractivity contribution in [3.63, 3.8) is 0 Å². The van der Waals surface area contributed by atoms with E-state index in [1.165, 1.54) is 4.31 Å². The zero-order valence-electron chi connectivity index (χ0n) is 8.89. The predicted octanol–water partition coefficient (Wildman–Crippen LogP) is 1.02. The second-order valence-corrected chi connectivity index (χ2v) is 5.51. The SMILES string of the molecule is Nc1cccc(NS(=O)(=O)N2CCCC2)c1. The van der Waals surface area contributed by atoms with E-state index in [2.05, 4.69) is 4.72 Å². The summed E-state index contributed by atoms with van der Waals surface area (Å²) in [6.07, 6.45) is 1.86. The van der Waals surface area contributed by atoms with Crippen LogP contribution in [0.4, 0.5) is 11.4 Å². The first-order chi connectivity index (χ1) is 7.58.